The molecule has 0 saturated heterocycles. The van der Waals surface area contributed by atoms with Gasteiger partial charge in [-0.3, -0.25) is 18.7 Å². The summed E-state index contributed by atoms with van der Waals surface area (Å²) in [5.74, 6) is 3.75. The number of nitrogens with two attached hydrogens (primary N) is 1. The third-order valence-electron chi connectivity index (χ3n) is 12.5. The van der Waals surface area contributed by atoms with Gasteiger partial charge >= 0.3 is 5.69 Å². The largest absolute Gasteiger partial charge is 0.353 e. The van der Waals surface area contributed by atoms with Crippen LogP contribution in [0, 0.1) is 29.1 Å². The summed E-state index contributed by atoms with van der Waals surface area (Å²) in [6.07, 6.45) is 18.4. The molecule has 1 amide bonds. The number of nitrogens with one attached hydrogen (secondary N) is 2. The van der Waals surface area contributed by atoms with Gasteiger partial charge in [0.05, 0.1) is 5.41 Å². The van der Waals surface area contributed by atoms with Crippen LogP contribution in [0.2, 0.25) is 0 Å². The first-order valence-electron chi connectivity index (χ1n) is 18.0. The van der Waals surface area contributed by atoms with Crippen LogP contribution in [0.25, 0.3) is 11.2 Å². The molecule has 242 valence electrons. The number of aromatic amines is 1. The standard InChI is InChI=1S/C35H54N6O3/c1-3-13-40-29-28(30(42)41(14-4-2)33(40)44)38-31(39-29)34-17-24-16-25(18-34)20-35(19-24,21-34)32(43)37-27-11-7-23(8-12-27)15-22-5-9-26(36)10-6-22/h22-27H,3-21,36H2,1-2H3,(H,37,43)(H,38,39). The van der Waals surface area contributed by atoms with Gasteiger partial charge in [-0.25, -0.2) is 9.78 Å². The molecule has 2 aromatic heterocycles. The Bertz CT molecular complexity index is 1470. The van der Waals surface area contributed by atoms with Crippen molar-refractivity contribution in [2.24, 2.45) is 34.8 Å². The Hall–Kier alpha value is -2.42. The van der Waals surface area contributed by atoms with Crippen LogP contribution < -0.4 is 22.3 Å². The lowest BCUT2D eigenvalue weighted by atomic mass is 9.43. The zero-order valence-corrected chi connectivity index (χ0v) is 27.0. The molecule has 44 heavy (non-hydrogen) atoms. The van der Waals surface area contributed by atoms with Gasteiger partial charge in [0, 0.05) is 30.6 Å². The van der Waals surface area contributed by atoms with Crippen molar-refractivity contribution < 1.29 is 4.79 Å². The molecule has 2 atom stereocenters. The Morgan fingerprint density at radius 2 is 1.52 bits per heavy atom. The molecular weight excluding hydrogens is 552 g/mol. The maximum absolute atomic E-state index is 14.2. The number of nitrogens with zero attached hydrogens (tertiary/aromatic N) is 3. The highest BCUT2D eigenvalue weighted by molar-refractivity contribution is 5.84. The molecule has 8 rings (SSSR count). The molecule has 0 spiro atoms. The van der Waals surface area contributed by atoms with Gasteiger partial charge < -0.3 is 16.0 Å². The van der Waals surface area contributed by atoms with E-state index < -0.39 is 0 Å². The number of hydrogen-bond acceptors (Lipinski definition) is 5. The van der Waals surface area contributed by atoms with Gasteiger partial charge in [0.1, 0.15) is 11.3 Å². The van der Waals surface area contributed by atoms with E-state index in [1.807, 2.05) is 13.8 Å². The fourth-order valence-corrected chi connectivity index (χ4v) is 10.8. The molecule has 6 saturated carbocycles. The molecule has 4 N–H and O–H groups in total. The van der Waals surface area contributed by atoms with Crippen LogP contribution in [0.4, 0.5) is 0 Å². The van der Waals surface area contributed by atoms with Gasteiger partial charge in [-0.1, -0.05) is 13.8 Å². The third-order valence-corrected chi connectivity index (χ3v) is 12.5. The molecule has 9 heteroatoms. The predicted octanol–water partition coefficient (Wildman–Crippen LogP) is 5.13. The fraction of sp³-hybridized carbons (Fsp3) is 0.829. The Morgan fingerprint density at radius 3 is 2.16 bits per heavy atom. The SMILES string of the molecule is CCCn1c(=O)c2[nH]c(C34CC5CC(CC(C(=O)NC6CCC(CC7CCC(N)CC7)CC6)(C5)C3)C4)nc2n(CCC)c1=O. The lowest BCUT2D eigenvalue weighted by Crippen LogP contribution is -2.60. The van der Waals surface area contributed by atoms with E-state index in [2.05, 4.69) is 10.3 Å². The van der Waals surface area contributed by atoms with Gasteiger partial charge in [0.15, 0.2) is 5.65 Å². The molecular formula is C35H54N6O3. The number of rotatable bonds is 9. The second-order valence-electron chi connectivity index (χ2n) is 15.9. The monoisotopic (exact) mass is 606 g/mol. The van der Waals surface area contributed by atoms with Gasteiger partial charge in [0.25, 0.3) is 5.56 Å². The van der Waals surface area contributed by atoms with Crippen molar-refractivity contribution in [3.8, 4) is 0 Å². The van der Waals surface area contributed by atoms with Crippen molar-refractivity contribution in [3.05, 3.63) is 26.7 Å². The molecule has 6 fully saturated rings. The Labute approximate surface area is 261 Å². The van der Waals surface area contributed by atoms with Gasteiger partial charge in [-0.2, -0.15) is 0 Å². The molecule has 2 aromatic rings. The molecule has 0 radical (unpaired) electrons. The van der Waals surface area contributed by atoms with E-state index in [0.29, 0.717) is 42.1 Å². The number of aromatic nitrogens is 4. The first-order valence-corrected chi connectivity index (χ1v) is 18.0. The van der Waals surface area contributed by atoms with Crippen molar-refractivity contribution in [2.75, 3.05) is 0 Å². The number of H-pyrrole nitrogens is 1. The van der Waals surface area contributed by atoms with Crippen LogP contribution in [-0.2, 0) is 23.3 Å². The quantitative estimate of drug-likeness (QED) is 0.365. The normalized spacial score (nSPS) is 36.6. The van der Waals surface area contributed by atoms with Crippen molar-refractivity contribution in [1.82, 2.24) is 24.4 Å². The highest BCUT2D eigenvalue weighted by Crippen LogP contribution is 2.65. The summed E-state index contributed by atoms with van der Waals surface area (Å²) in [6.45, 7) is 4.97. The topological polar surface area (TPSA) is 128 Å². The van der Waals surface area contributed by atoms with Crippen molar-refractivity contribution in [3.63, 3.8) is 0 Å². The van der Waals surface area contributed by atoms with Crippen LogP contribution in [0.3, 0.4) is 0 Å². The third kappa shape index (κ3) is 5.28. The van der Waals surface area contributed by atoms with E-state index in [4.69, 9.17) is 10.7 Å². The zero-order valence-electron chi connectivity index (χ0n) is 27.0. The lowest BCUT2D eigenvalue weighted by molar-refractivity contribution is -0.150. The van der Waals surface area contributed by atoms with E-state index in [9.17, 15) is 14.4 Å². The van der Waals surface area contributed by atoms with Crippen molar-refractivity contribution in [2.45, 2.75) is 154 Å². The average molecular weight is 607 g/mol. The summed E-state index contributed by atoms with van der Waals surface area (Å²) in [4.78, 5) is 49.6. The number of fused-ring (bicyclic) bond motifs is 1. The first kappa shape index (κ1) is 30.2. The molecule has 2 unspecified atom stereocenters. The maximum Gasteiger partial charge on any atom is 0.332 e. The number of carbonyl (C=O) groups excluding carboxylic acids is 1. The lowest BCUT2D eigenvalue weighted by Gasteiger charge is -2.60. The summed E-state index contributed by atoms with van der Waals surface area (Å²) in [5.41, 5.74) is 5.95. The number of carbonyl (C=O) groups is 1. The minimum absolute atomic E-state index is 0.240. The van der Waals surface area contributed by atoms with Gasteiger partial charge in [-0.15, -0.1) is 0 Å². The highest BCUT2D eigenvalue weighted by atomic mass is 16.2. The smallest absolute Gasteiger partial charge is 0.332 e. The second-order valence-corrected chi connectivity index (χ2v) is 15.9. The summed E-state index contributed by atoms with van der Waals surface area (Å²) in [7, 11) is 0. The van der Waals surface area contributed by atoms with Crippen LogP contribution in [0.5, 0.6) is 0 Å². The average Bonchev–Trinajstić information content (AvgIpc) is 3.46. The summed E-state index contributed by atoms with van der Waals surface area (Å²) < 4.78 is 3.06. The van der Waals surface area contributed by atoms with Crippen molar-refractivity contribution in [1.29, 1.82) is 0 Å². The number of hydrogen-bond donors (Lipinski definition) is 3. The van der Waals surface area contributed by atoms with E-state index >= 15 is 0 Å². The molecule has 0 aliphatic heterocycles. The number of amides is 1. The molecule has 4 bridgehead atoms. The summed E-state index contributed by atoms with van der Waals surface area (Å²) >= 11 is 0. The highest BCUT2D eigenvalue weighted by Gasteiger charge is 2.62. The van der Waals surface area contributed by atoms with Gasteiger partial charge in [-0.05, 0) is 133 Å². The van der Waals surface area contributed by atoms with E-state index in [0.717, 1.165) is 75.4 Å². The second kappa shape index (κ2) is 11.7. The van der Waals surface area contributed by atoms with E-state index in [1.54, 1.807) is 4.57 Å². The Balaban J connectivity index is 1.09. The van der Waals surface area contributed by atoms with Crippen LogP contribution in [0.15, 0.2) is 9.59 Å². The maximum atomic E-state index is 14.2. The van der Waals surface area contributed by atoms with Crippen LogP contribution >= 0.6 is 0 Å². The van der Waals surface area contributed by atoms with Crippen LogP contribution in [0.1, 0.15) is 129 Å². The minimum Gasteiger partial charge on any atom is -0.353 e. The minimum atomic E-state index is -0.355. The van der Waals surface area contributed by atoms with Gasteiger partial charge in [0.2, 0.25) is 5.91 Å². The fourth-order valence-electron chi connectivity index (χ4n) is 10.8. The molecule has 6 aliphatic rings. The van der Waals surface area contributed by atoms with E-state index in [1.165, 1.54) is 55.9 Å². The summed E-state index contributed by atoms with van der Waals surface area (Å²) in [5, 5.41) is 3.58. The number of aryl methyl sites for hydroxylation is 1. The molecule has 6 aliphatic carbocycles. The van der Waals surface area contributed by atoms with Crippen molar-refractivity contribution >= 4 is 17.1 Å². The molecule has 9 nitrogen and oxygen atoms in total. The first-order chi connectivity index (χ1) is 21.2. The zero-order chi connectivity index (χ0) is 30.6. The van der Waals surface area contributed by atoms with Crippen LogP contribution in [-0.4, -0.2) is 37.1 Å². The molecule has 0 aromatic carbocycles. The summed E-state index contributed by atoms with van der Waals surface area (Å²) in [6, 6.07) is 0.701. The number of imidazole rings is 1. The Morgan fingerprint density at radius 1 is 0.909 bits per heavy atom. The molecule has 2 heterocycles. The van der Waals surface area contributed by atoms with E-state index in [-0.39, 0.29) is 34.0 Å². The predicted molar refractivity (Wildman–Crippen MR) is 172 cm³/mol. The Kier molecular flexibility index (Phi) is 8.07.